The summed E-state index contributed by atoms with van der Waals surface area (Å²) >= 11 is 0. The van der Waals surface area contributed by atoms with Crippen LogP contribution in [0.3, 0.4) is 0 Å². The average Bonchev–Trinajstić information content (AvgIpc) is 1.87. The first-order valence-corrected chi connectivity index (χ1v) is 3.64. The molecule has 0 aliphatic heterocycles. The van der Waals surface area contributed by atoms with Gasteiger partial charge >= 0.3 is 0 Å². The lowest BCUT2D eigenvalue weighted by Crippen LogP contribution is -2.05. The molecule has 0 rings (SSSR count). The van der Waals surface area contributed by atoms with E-state index in [0.29, 0.717) is 5.84 Å². The zero-order valence-electron chi connectivity index (χ0n) is 6.51. The highest BCUT2D eigenvalue weighted by molar-refractivity contribution is 5.77. The van der Waals surface area contributed by atoms with E-state index in [-0.39, 0.29) is 6.61 Å². The average molecular weight is 144 g/mol. The third kappa shape index (κ3) is 7.43. The van der Waals surface area contributed by atoms with Crippen molar-refractivity contribution in [3.8, 4) is 0 Å². The fourth-order valence-electron chi connectivity index (χ4n) is 0.656. The largest absolute Gasteiger partial charge is 0.396 e. The lowest BCUT2D eigenvalue weighted by atomic mass is 10.2. The molecule has 0 aromatic rings. The molecule has 3 nitrogen and oxygen atoms in total. The Kier molecular flexibility index (Phi) is 6.18. The topological polar surface area (TPSA) is 58.6 Å². The van der Waals surface area contributed by atoms with Gasteiger partial charge in [0.05, 0.1) is 5.84 Å². The molecule has 0 fully saturated rings. The zero-order valence-corrected chi connectivity index (χ0v) is 6.51. The molecule has 0 saturated heterocycles. The maximum Gasteiger partial charge on any atom is 0.0905 e. The Hall–Kier alpha value is -0.570. The van der Waals surface area contributed by atoms with Crippen LogP contribution in [-0.4, -0.2) is 24.1 Å². The van der Waals surface area contributed by atoms with E-state index in [0.717, 1.165) is 25.8 Å². The third-order valence-electron chi connectivity index (χ3n) is 1.18. The molecule has 3 heteroatoms. The molecule has 60 valence electrons. The highest BCUT2D eigenvalue weighted by Gasteiger charge is 1.85. The summed E-state index contributed by atoms with van der Waals surface area (Å²) in [4.78, 5) is 4.01. The number of amidine groups is 1. The molecule has 0 amide bonds. The molecular formula is C7H16N2O. The predicted octanol–water partition coefficient (Wildman–Crippen LogP) is 0.526. The second kappa shape index (κ2) is 6.55. The molecule has 0 radical (unpaired) electrons. The van der Waals surface area contributed by atoms with E-state index < -0.39 is 0 Å². The summed E-state index contributed by atoms with van der Waals surface area (Å²) in [5, 5.41) is 8.41. The van der Waals surface area contributed by atoms with Crippen LogP contribution in [0.1, 0.15) is 26.2 Å². The summed E-state index contributed by atoms with van der Waals surface area (Å²) in [5.41, 5.74) is 5.31. The first-order chi connectivity index (χ1) is 4.77. The summed E-state index contributed by atoms with van der Waals surface area (Å²) in [6, 6.07) is 0. The van der Waals surface area contributed by atoms with Gasteiger partial charge < -0.3 is 10.8 Å². The van der Waals surface area contributed by atoms with Gasteiger partial charge in [0, 0.05) is 13.2 Å². The number of nitrogens with zero attached hydrogens (tertiary/aromatic N) is 1. The molecular weight excluding hydrogens is 128 g/mol. The second-order valence-corrected chi connectivity index (χ2v) is 2.31. The van der Waals surface area contributed by atoms with Crippen LogP contribution in [0.15, 0.2) is 4.99 Å². The van der Waals surface area contributed by atoms with Crippen molar-refractivity contribution in [3.05, 3.63) is 0 Å². The van der Waals surface area contributed by atoms with E-state index in [1.54, 1.807) is 6.92 Å². The molecule has 0 bridgehead atoms. The fourth-order valence-corrected chi connectivity index (χ4v) is 0.656. The van der Waals surface area contributed by atoms with Crippen LogP contribution in [0.25, 0.3) is 0 Å². The maximum atomic E-state index is 8.41. The lowest BCUT2D eigenvalue weighted by Gasteiger charge is -1.94. The predicted molar refractivity (Wildman–Crippen MR) is 43.1 cm³/mol. The Bertz CT molecular complexity index is 97.8. The van der Waals surface area contributed by atoms with Gasteiger partial charge in [-0.2, -0.15) is 0 Å². The first-order valence-electron chi connectivity index (χ1n) is 3.64. The minimum atomic E-state index is 0.283. The smallest absolute Gasteiger partial charge is 0.0905 e. The SMILES string of the molecule is CC(N)=NCCCCCO. The highest BCUT2D eigenvalue weighted by atomic mass is 16.2. The molecule has 0 saturated carbocycles. The number of hydrogen-bond donors (Lipinski definition) is 2. The quantitative estimate of drug-likeness (QED) is 0.336. The summed E-state index contributed by atoms with van der Waals surface area (Å²) in [5.74, 6) is 0.643. The van der Waals surface area contributed by atoms with Crippen molar-refractivity contribution >= 4 is 5.84 Å². The van der Waals surface area contributed by atoms with Crippen LogP contribution in [0.4, 0.5) is 0 Å². The number of aliphatic hydroxyl groups excluding tert-OH is 1. The lowest BCUT2D eigenvalue weighted by molar-refractivity contribution is 0.283. The van der Waals surface area contributed by atoms with Crippen LogP contribution in [0.2, 0.25) is 0 Å². The van der Waals surface area contributed by atoms with E-state index in [4.69, 9.17) is 10.8 Å². The molecule has 0 aliphatic rings. The van der Waals surface area contributed by atoms with Crippen molar-refractivity contribution < 1.29 is 5.11 Å². The number of aliphatic imine (C=N–C) groups is 1. The van der Waals surface area contributed by atoms with Crippen LogP contribution < -0.4 is 5.73 Å². The van der Waals surface area contributed by atoms with Gasteiger partial charge in [-0.15, -0.1) is 0 Å². The van der Waals surface area contributed by atoms with E-state index >= 15 is 0 Å². The van der Waals surface area contributed by atoms with Crippen LogP contribution in [0.5, 0.6) is 0 Å². The van der Waals surface area contributed by atoms with Crippen LogP contribution in [-0.2, 0) is 0 Å². The molecule has 0 unspecified atom stereocenters. The van der Waals surface area contributed by atoms with Crippen molar-refractivity contribution in [2.24, 2.45) is 10.7 Å². The summed E-state index contributed by atoms with van der Waals surface area (Å²) < 4.78 is 0. The Morgan fingerprint density at radius 2 is 2.10 bits per heavy atom. The summed E-state index contributed by atoms with van der Waals surface area (Å²) in [7, 11) is 0. The molecule has 0 atom stereocenters. The molecule has 0 spiro atoms. The van der Waals surface area contributed by atoms with E-state index in [1.165, 1.54) is 0 Å². The van der Waals surface area contributed by atoms with Gasteiger partial charge in [-0.25, -0.2) is 0 Å². The molecule has 0 aromatic heterocycles. The molecule has 10 heavy (non-hydrogen) atoms. The Morgan fingerprint density at radius 3 is 2.60 bits per heavy atom. The van der Waals surface area contributed by atoms with E-state index in [1.807, 2.05) is 0 Å². The Balaban J connectivity index is 2.98. The van der Waals surface area contributed by atoms with Gasteiger partial charge in [0.2, 0.25) is 0 Å². The van der Waals surface area contributed by atoms with Crippen LogP contribution >= 0.6 is 0 Å². The Labute approximate surface area is 62.0 Å². The van der Waals surface area contributed by atoms with Gasteiger partial charge in [0.15, 0.2) is 0 Å². The first kappa shape index (κ1) is 9.43. The maximum absolute atomic E-state index is 8.41. The van der Waals surface area contributed by atoms with Gasteiger partial charge in [-0.05, 0) is 26.2 Å². The van der Waals surface area contributed by atoms with Gasteiger partial charge in [-0.3, -0.25) is 4.99 Å². The molecule has 0 aliphatic carbocycles. The fraction of sp³-hybridized carbons (Fsp3) is 0.857. The third-order valence-corrected chi connectivity index (χ3v) is 1.18. The van der Waals surface area contributed by atoms with Crippen molar-refractivity contribution in [1.82, 2.24) is 0 Å². The number of nitrogens with two attached hydrogens (primary N) is 1. The zero-order chi connectivity index (χ0) is 7.82. The minimum Gasteiger partial charge on any atom is -0.396 e. The van der Waals surface area contributed by atoms with Gasteiger partial charge in [-0.1, -0.05) is 0 Å². The van der Waals surface area contributed by atoms with Crippen molar-refractivity contribution in [1.29, 1.82) is 0 Å². The molecule has 0 aromatic carbocycles. The van der Waals surface area contributed by atoms with Gasteiger partial charge in [0.1, 0.15) is 0 Å². The van der Waals surface area contributed by atoms with Crippen LogP contribution in [0, 0.1) is 0 Å². The Morgan fingerprint density at radius 1 is 1.40 bits per heavy atom. The number of unbranched alkanes of at least 4 members (excludes halogenated alkanes) is 2. The summed E-state index contributed by atoms with van der Waals surface area (Å²) in [6.07, 6.45) is 2.93. The standard InChI is InChI=1S/C7H16N2O/c1-7(8)9-5-3-2-4-6-10/h10H,2-6H2,1H3,(H2,8,9). The van der Waals surface area contributed by atoms with Gasteiger partial charge in [0.25, 0.3) is 0 Å². The van der Waals surface area contributed by atoms with Crippen molar-refractivity contribution in [2.75, 3.05) is 13.2 Å². The normalized spacial score (nSPS) is 12.0. The van der Waals surface area contributed by atoms with Crippen molar-refractivity contribution in [2.45, 2.75) is 26.2 Å². The van der Waals surface area contributed by atoms with E-state index in [2.05, 4.69) is 4.99 Å². The number of rotatable bonds is 5. The monoisotopic (exact) mass is 144 g/mol. The number of aliphatic hydroxyl groups is 1. The van der Waals surface area contributed by atoms with E-state index in [9.17, 15) is 0 Å². The number of hydrogen-bond acceptors (Lipinski definition) is 2. The van der Waals surface area contributed by atoms with Crippen molar-refractivity contribution in [3.63, 3.8) is 0 Å². The minimum absolute atomic E-state index is 0.283. The molecule has 0 heterocycles. The molecule has 3 N–H and O–H groups in total. The highest BCUT2D eigenvalue weighted by Crippen LogP contribution is 1.93. The summed E-state index contributed by atoms with van der Waals surface area (Å²) in [6.45, 7) is 2.86. The second-order valence-electron chi connectivity index (χ2n) is 2.31.